The fraction of sp³-hybridized carbons (Fsp3) is 0.222. The molecule has 0 amide bonds. The van der Waals surface area contributed by atoms with E-state index in [0.717, 1.165) is 63.0 Å². The van der Waals surface area contributed by atoms with Crippen LogP contribution in [0.1, 0.15) is 38.8 Å². The molecule has 14 heteroatoms. The topological polar surface area (TPSA) is 118 Å². The van der Waals surface area contributed by atoms with Gasteiger partial charge in [-0.15, -0.1) is 22.7 Å². The number of nitrogens with zero attached hydrogens (tertiary/aromatic N) is 6. The van der Waals surface area contributed by atoms with Crippen LogP contribution in [0.4, 0.5) is 10.0 Å². The first-order valence-corrected chi connectivity index (χ1v) is 18.1. The van der Waals surface area contributed by atoms with Crippen LogP contribution in [0.25, 0.3) is 50.1 Å². The molecule has 0 fully saturated rings. The van der Waals surface area contributed by atoms with E-state index in [-0.39, 0.29) is 11.7 Å². The van der Waals surface area contributed by atoms with Gasteiger partial charge in [-0.2, -0.15) is 0 Å². The molecule has 4 aromatic heterocycles. The van der Waals surface area contributed by atoms with Crippen molar-refractivity contribution in [1.29, 1.82) is 10.5 Å². The van der Waals surface area contributed by atoms with E-state index in [4.69, 9.17) is 32.1 Å². The molecule has 0 bridgehead atoms. The molecular formula is C36H24N6O4S4. The Morgan fingerprint density at radius 1 is 0.660 bits per heavy atom. The van der Waals surface area contributed by atoms with Crippen molar-refractivity contribution in [3.63, 3.8) is 0 Å². The highest BCUT2D eigenvalue weighted by Crippen LogP contribution is 2.59. The Balaban J connectivity index is 1.34. The molecule has 1 aromatic carbocycles. The largest absolute Gasteiger partial charge is 0.495 e. The molecule has 0 saturated carbocycles. The Morgan fingerprint density at radius 2 is 1.06 bits per heavy atom. The molecule has 6 heterocycles. The van der Waals surface area contributed by atoms with E-state index < -0.39 is 11.2 Å². The number of aliphatic imine (C=N–C) groups is 2. The summed E-state index contributed by atoms with van der Waals surface area (Å²) in [6.07, 6.45) is 0. The highest BCUT2D eigenvalue weighted by Gasteiger charge is 2.40. The third kappa shape index (κ3) is 5.40. The molecule has 2 aliphatic rings. The monoisotopic (exact) mass is 732 g/mol. The van der Waals surface area contributed by atoms with Gasteiger partial charge < -0.3 is 28.6 Å². The number of methoxy groups -OCH3 is 2. The number of thiophene rings is 4. The molecule has 50 heavy (non-hydrogen) atoms. The first-order chi connectivity index (χ1) is 23.9. The minimum atomic E-state index is -0.651. The summed E-state index contributed by atoms with van der Waals surface area (Å²) in [4.78, 5) is 20.5. The van der Waals surface area contributed by atoms with Crippen molar-refractivity contribution in [1.82, 2.24) is 0 Å². The standard InChI is InChI=1S/C36H24N6O4S4/c1-35(2)19-11-25(33-23(43-7)13-29(49-33)41-27(15-37)39-5)47-31(19)17-10-22-18(9-21(17)45-35)32-20(36(3,4)46-22)12-26(48-32)34-24(44-8)14-30(50-34)42-28(16-38)40-6/h9-14H,1-4,7-8H3. The summed E-state index contributed by atoms with van der Waals surface area (Å²) in [7, 11) is 3.18. The number of rotatable bonds is 6. The van der Waals surface area contributed by atoms with Crippen molar-refractivity contribution >= 4 is 67.0 Å². The van der Waals surface area contributed by atoms with Crippen molar-refractivity contribution in [3.05, 3.63) is 70.4 Å². The van der Waals surface area contributed by atoms with Crippen LogP contribution in [0.3, 0.4) is 0 Å². The van der Waals surface area contributed by atoms with Crippen molar-refractivity contribution in [2.45, 2.75) is 38.9 Å². The van der Waals surface area contributed by atoms with Gasteiger partial charge in [-0.05, 0) is 52.0 Å². The zero-order valence-electron chi connectivity index (χ0n) is 27.4. The van der Waals surface area contributed by atoms with Gasteiger partial charge in [-0.3, -0.25) is 0 Å². The fourth-order valence-corrected chi connectivity index (χ4v) is 10.8. The summed E-state index contributed by atoms with van der Waals surface area (Å²) in [5.41, 5.74) is 2.60. The molecule has 0 atom stereocenters. The second-order valence-electron chi connectivity index (χ2n) is 12.1. The molecule has 0 aliphatic carbocycles. The highest BCUT2D eigenvalue weighted by atomic mass is 32.1. The van der Waals surface area contributed by atoms with Gasteiger partial charge >= 0.3 is 11.7 Å². The molecule has 246 valence electrons. The van der Waals surface area contributed by atoms with Crippen LogP contribution in [0.5, 0.6) is 23.0 Å². The van der Waals surface area contributed by atoms with E-state index in [2.05, 4.69) is 43.9 Å². The van der Waals surface area contributed by atoms with Crippen LogP contribution in [0, 0.1) is 35.8 Å². The number of amidine groups is 2. The molecule has 0 saturated heterocycles. The minimum absolute atomic E-state index is 0.234. The van der Waals surface area contributed by atoms with Gasteiger partial charge in [0.25, 0.3) is 0 Å². The number of ether oxygens (including phenoxy) is 4. The lowest BCUT2D eigenvalue weighted by Gasteiger charge is -2.36. The van der Waals surface area contributed by atoms with Gasteiger partial charge in [-0.25, -0.2) is 10.5 Å². The number of fused-ring (bicyclic) bond motifs is 6. The molecule has 0 N–H and O–H groups in total. The second kappa shape index (κ2) is 12.1. The maximum Gasteiger partial charge on any atom is 0.350 e. The third-order valence-corrected chi connectivity index (χ3v) is 12.9. The minimum Gasteiger partial charge on any atom is -0.495 e. The lowest BCUT2D eigenvalue weighted by atomic mass is 9.88. The molecule has 0 spiro atoms. The van der Waals surface area contributed by atoms with Crippen LogP contribution in [-0.2, 0) is 11.2 Å². The molecule has 2 aliphatic heterocycles. The van der Waals surface area contributed by atoms with Gasteiger partial charge in [-0.1, -0.05) is 45.8 Å². The quantitative estimate of drug-likeness (QED) is 0.0974. The van der Waals surface area contributed by atoms with Crippen LogP contribution in [-0.4, -0.2) is 25.9 Å². The Kier molecular flexibility index (Phi) is 8.02. The lowest BCUT2D eigenvalue weighted by Crippen LogP contribution is -2.30. The van der Waals surface area contributed by atoms with Gasteiger partial charge in [0.2, 0.25) is 10.0 Å². The summed E-state index contributed by atoms with van der Waals surface area (Å²) in [5, 5.41) is 19.5. The Hall–Kier alpha value is -5.48. The summed E-state index contributed by atoms with van der Waals surface area (Å²) in [6, 6.07) is 15.5. The third-order valence-electron chi connectivity index (χ3n) is 8.16. The van der Waals surface area contributed by atoms with Crippen LogP contribution in [0.2, 0.25) is 0 Å². The second-order valence-corrected chi connectivity index (χ2v) is 16.2. The van der Waals surface area contributed by atoms with Gasteiger partial charge in [0.1, 0.15) is 46.3 Å². The summed E-state index contributed by atoms with van der Waals surface area (Å²) in [6.45, 7) is 22.6. The van der Waals surface area contributed by atoms with Gasteiger partial charge in [0, 0.05) is 53.9 Å². The maximum atomic E-state index is 9.22. The SMILES string of the molecule is [C-]#[N+]C(C#N)=Nc1cc(OC)c(-c2cc3c(s2)-c2cc4c(cc2OC3(C)C)-c2sc(-c3sc(N=C(C#N)[N+]#[C-])cc3OC)cc2C(C)(C)O4)s1. The van der Waals surface area contributed by atoms with E-state index in [1.807, 2.05) is 39.8 Å². The fourth-order valence-electron chi connectivity index (χ4n) is 5.88. The number of hydrogen-bond acceptors (Lipinski definition) is 12. The predicted octanol–water partition coefficient (Wildman–Crippen LogP) is 10.8. The lowest BCUT2D eigenvalue weighted by molar-refractivity contribution is 0.100. The molecular weight excluding hydrogens is 709 g/mol. The zero-order valence-corrected chi connectivity index (χ0v) is 30.7. The number of nitriles is 2. The van der Waals surface area contributed by atoms with Crippen LogP contribution < -0.4 is 18.9 Å². The van der Waals surface area contributed by atoms with E-state index in [1.165, 1.54) is 22.7 Å². The normalized spacial score (nSPS) is 15.0. The molecule has 0 unspecified atom stereocenters. The number of hydrogen-bond donors (Lipinski definition) is 0. The average Bonchev–Trinajstić information content (AvgIpc) is 3.90. The Labute approximate surface area is 304 Å². The first-order valence-electron chi connectivity index (χ1n) is 14.9. The molecule has 5 aromatic rings. The number of benzene rings is 1. The first kappa shape index (κ1) is 33.0. The van der Waals surface area contributed by atoms with Crippen molar-refractivity contribution in [2.75, 3.05) is 14.2 Å². The summed E-state index contributed by atoms with van der Waals surface area (Å²) >= 11 is 5.96. The zero-order chi connectivity index (χ0) is 35.5. The van der Waals surface area contributed by atoms with Crippen molar-refractivity contribution in [3.8, 4) is 75.5 Å². The molecule has 10 nitrogen and oxygen atoms in total. The summed E-state index contributed by atoms with van der Waals surface area (Å²) < 4.78 is 24.8. The summed E-state index contributed by atoms with van der Waals surface area (Å²) in [5.74, 6) is 2.24. The van der Waals surface area contributed by atoms with Crippen molar-refractivity contribution in [2.24, 2.45) is 9.98 Å². The molecule has 0 radical (unpaired) electrons. The van der Waals surface area contributed by atoms with Gasteiger partial charge in [0.05, 0.1) is 24.0 Å². The van der Waals surface area contributed by atoms with E-state index in [0.29, 0.717) is 21.5 Å². The van der Waals surface area contributed by atoms with E-state index in [1.54, 1.807) is 49.0 Å². The van der Waals surface area contributed by atoms with E-state index >= 15 is 0 Å². The Morgan fingerprint density at radius 3 is 1.40 bits per heavy atom. The Bertz CT molecular complexity index is 2280. The van der Waals surface area contributed by atoms with Crippen molar-refractivity contribution < 1.29 is 18.9 Å². The smallest absolute Gasteiger partial charge is 0.350 e. The highest BCUT2D eigenvalue weighted by molar-refractivity contribution is 7.26. The van der Waals surface area contributed by atoms with E-state index in [9.17, 15) is 10.5 Å². The van der Waals surface area contributed by atoms with Gasteiger partial charge in [0.15, 0.2) is 0 Å². The molecule has 7 rings (SSSR count). The average molecular weight is 733 g/mol. The maximum absolute atomic E-state index is 9.22. The van der Waals surface area contributed by atoms with Crippen LogP contribution in [0.15, 0.2) is 46.4 Å². The predicted molar refractivity (Wildman–Crippen MR) is 199 cm³/mol. The van der Waals surface area contributed by atoms with Crippen LogP contribution >= 0.6 is 45.3 Å².